The van der Waals surface area contributed by atoms with Gasteiger partial charge in [-0.3, -0.25) is 9.78 Å². The molecule has 10 nitrogen and oxygen atoms in total. The summed E-state index contributed by atoms with van der Waals surface area (Å²) in [7, 11) is 3.43. The van der Waals surface area contributed by atoms with Crippen LogP contribution in [-0.2, 0) is 20.9 Å². The molecule has 0 bridgehead atoms. The number of carbonyl (C=O) groups excluding carboxylic acids is 2. The van der Waals surface area contributed by atoms with Crippen LogP contribution in [0.1, 0.15) is 22.2 Å². The van der Waals surface area contributed by atoms with Gasteiger partial charge in [-0.25, -0.2) is 14.6 Å². The first-order chi connectivity index (χ1) is 16.8. The molecule has 1 N–H and O–H groups in total. The zero-order chi connectivity index (χ0) is 26.7. The van der Waals surface area contributed by atoms with Gasteiger partial charge in [-0.2, -0.15) is 13.2 Å². The molecule has 2 fully saturated rings. The minimum atomic E-state index is -5.08. The number of rotatable bonds is 3. The number of hydrogen-bond donors (Lipinski definition) is 1. The SMILES string of the molecule is Cc1nc(CN2CCOC3(CN(C(=O)N(C)C)CC3c3cccnc3)C2=O)cs1.O=C(O)C(F)(F)F. The number of amides is 3. The summed E-state index contributed by atoms with van der Waals surface area (Å²) in [5.41, 5.74) is 0.689. The molecule has 0 aliphatic carbocycles. The summed E-state index contributed by atoms with van der Waals surface area (Å²) in [4.78, 5) is 49.0. The average Bonchev–Trinajstić information content (AvgIpc) is 3.41. The van der Waals surface area contributed by atoms with Crippen LogP contribution in [0, 0.1) is 6.92 Å². The molecule has 4 rings (SSSR count). The van der Waals surface area contributed by atoms with Gasteiger partial charge in [0.05, 0.1) is 30.4 Å². The first-order valence-corrected chi connectivity index (χ1v) is 11.7. The zero-order valence-corrected chi connectivity index (χ0v) is 20.7. The molecule has 2 aliphatic heterocycles. The van der Waals surface area contributed by atoms with Crippen LogP contribution in [0.15, 0.2) is 29.9 Å². The Morgan fingerprint density at radius 2 is 2.06 bits per heavy atom. The van der Waals surface area contributed by atoms with E-state index >= 15 is 0 Å². The normalized spacial score (nSPS) is 21.8. The van der Waals surface area contributed by atoms with Crippen molar-refractivity contribution in [3.05, 3.63) is 46.2 Å². The first kappa shape index (κ1) is 27.3. The number of morpholine rings is 1. The van der Waals surface area contributed by atoms with Gasteiger partial charge >= 0.3 is 18.2 Å². The van der Waals surface area contributed by atoms with Gasteiger partial charge in [0.2, 0.25) is 0 Å². The van der Waals surface area contributed by atoms with Crippen LogP contribution in [0.25, 0.3) is 0 Å². The van der Waals surface area contributed by atoms with Gasteiger partial charge in [0, 0.05) is 50.9 Å². The molecule has 2 saturated heterocycles. The summed E-state index contributed by atoms with van der Waals surface area (Å²) in [6, 6.07) is 3.67. The summed E-state index contributed by atoms with van der Waals surface area (Å²) < 4.78 is 37.9. The smallest absolute Gasteiger partial charge is 0.475 e. The summed E-state index contributed by atoms with van der Waals surface area (Å²) in [6.07, 6.45) is -1.62. The second-order valence-corrected chi connectivity index (χ2v) is 9.58. The summed E-state index contributed by atoms with van der Waals surface area (Å²) in [6.45, 7) is 3.99. The van der Waals surface area contributed by atoms with Gasteiger partial charge in [-0.05, 0) is 18.6 Å². The number of ether oxygens (including phenoxy) is 1. The number of hydrogen-bond acceptors (Lipinski definition) is 7. The van der Waals surface area contributed by atoms with Crippen LogP contribution in [0.4, 0.5) is 18.0 Å². The quantitative estimate of drug-likeness (QED) is 0.649. The van der Waals surface area contributed by atoms with Crippen LogP contribution in [-0.4, -0.2) is 99.8 Å². The van der Waals surface area contributed by atoms with E-state index in [4.69, 9.17) is 14.6 Å². The van der Waals surface area contributed by atoms with Crippen molar-refractivity contribution >= 4 is 29.2 Å². The molecule has 3 amide bonds. The van der Waals surface area contributed by atoms with E-state index in [0.717, 1.165) is 16.3 Å². The average molecular weight is 530 g/mol. The second-order valence-electron chi connectivity index (χ2n) is 8.52. The number of halogens is 3. The lowest BCUT2D eigenvalue weighted by atomic mass is 9.83. The number of carboxylic acids is 1. The predicted molar refractivity (Wildman–Crippen MR) is 122 cm³/mol. The molecule has 196 valence electrons. The van der Waals surface area contributed by atoms with Crippen molar-refractivity contribution in [1.82, 2.24) is 24.7 Å². The molecule has 2 atom stereocenters. The Morgan fingerprint density at radius 1 is 1.36 bits per heavy atom. The van der Waals surface area contributed by atoms with E-state index in [-0.39, 0.29) is 24.4 Å². The van der Waals surface area contributed by atoms with Gasteiger partial charge in [0.1, 0.15) is 0 Å². The highest BCUT2D eigenvalue weighted by molar-refractivity contribution is 7.09. The molecular formula is C22H26F3N5O5S. The molecule has 0 saturated carbocycles. The standard InChI is InChI=1S/C20H25N5O3S.C2HF3O2/c1-14-22-16(12-29-14)10-24-7-8-28-20(18(24)26)13-25(19(27)23(2)3)11-17(20)15-5-4-6-21-9-15;3-2(4,5)1(6)7/h4-6,9,12,17H,7-8,10-11,13H2,1-3H3;(H,6,7). The van der Waals surface area contributed by atoms with Gasteiger partial charge in [-0.1, -0.05) is 6.07 Å². The molecule has 2 aromatic rings. The predicted octanol–water partition coefficient (Wildman–Crippen LogP) is 2.36. The van der Waals surface area contributed by atoms with Crippen LogP contribution >= 0.6 is 11.3 Å². The third kappa shape index (κ3) is 5.93. The number of aliphatic carboxylic acids is 1. The number of likely N-dealkylation sites (tertiary alicyclic amines) is 1. The maximum absolute atomic E-state index is 13.7. The Labute approximate surface area is 209 Å². The number of urea groups is 1. The summed E-state index contributed by atoms with van der Waals surface area (Å²) >= 11 is 1.58. The lowest BCUT2D eigenvalue weighted by Gasteiger charge is -2.42. The number of carbonyl (C=O) groups is 3. The fourth-order valence-electron chi connectivity index (χ4n) is 4.17. The van der Waals surface area contributed by atoms with E-state index in [0.29, 0.717) is 26.2 Å². The van der Waals surface area contributed by atoms with E-state index in [1.165, 1.54) is 4.90 Å². The van der Waals surface area contributed by atoms with Crippen molar-refractivity contribution in [2.75, 3.05) is 40.3 Å². The van der Waals surface area contributed by atoms with Crippen molar-refractivity contribution in [3.8, 4) is 0 Å². The van der Waals surface area contributed by atoms with Crippen LogP contribution in [0.5, 0.6) is 0 Å². The van der Waals surface area contributed by atoms with Crippen molar-refractivity contribution in [3.63, 3.8) is 0 Å². The van der Waals surface area contributed by atoms with Crippen LogP contribution in [0.3, 0.4) is 0 Å². The van der Waals surface area contributed by atoms with Crippen molar-refractivity contribution in [2.45, 2.75) is 31.2 Å². The van der Waals surface area contributed by atoms with E-state index in [2.05, 4.69) is 9.97 Å². The van der Waals surface area contributed by atoms with E-state index < -0.39 is 17.7 Å². The number of alkyl halides is 3. The number of thiazole rings is 1. The number of pyridine rings is 1. The highest BCUT2D eigenvalue weighted by atomic mass is 32.1. The fourth-order valence-corrected chi connectivity index (χ4v) is 4.77. The maximum Gasteiger partial charge on any atom is 0.490 e. The Hall–Kier alpha value is -3.26. The van der Waals surface area contributed by atoms with Crippen LogP contribution in [0.2, 0.25) is 0 Å². The lowest BCUT2D eigenvalue weighted by Crippen LogP contribution is -2.60. The highest BCUT2D eigenvalue weighted by Gasteiger charge is 2.58. The number of aromatic nitrogens is 2. The maximum atomic E-state index is 13.7. The van der Waals surface area contributed by atoms with Crippen molar-refractivity contribution < 1.29 is 37.4 Å². The third-order valence-electron chi connectivity index (χ3n) is 5.76. The fraction of sp³-hybridized carbons (Fsp3) is 0.500. The van der Waals surface area contributed by atoms with Crippen LogP contribution < -0.4 is 0 Å². The molecule has 0 radical (unpaired) electrons. The Morgan fingerprint density at radius 3 is 2.58 bits per heavy atom. The largest absolute Gasteiger partial charge is 0.490 e. The van der Waals surface area contributed by atoms with E-state index in [1.807, 2.05) is 29.3 Å². The first-order valence-electron chi connectivity index (χ1n) is 10.9. The number of nitrogens with zero attached hydrogens (tertiary/aromatic N) is 5. The Bertz CT molecular complexity index is 1100. The minimum absolute atomic E-state index is 0.0858. The number of aryl methyl sites for hydroxylation is 1. The van der Waals surface area contributed by atoms with Crippen molar-refractivity contribution in [2.24, 2.45) is 0 Å². The number of carboxylic acid groups (broad SMARTS) is 1. The minimum Gasteiger partial charge on any atom is -0.475 e. The third-order valence-corrected chi connectivity index (χ3v) is 6.59. The molecule has 0 aromatic carbocycles. The summed E-state index contributed by atoms with van der Waals surface area (Å²) in [5.74, 6) is -3.11. The molecule has 2 aliphatic rings. The molecular weight excluding hydrogens is 503 g/mol. The molecule has 4 heterocycles. The van der Waals surface area contributed by atoms with Gasteiger partial charge in [0.25, 0.3) is 5.91 Å². The molecule has 14 heteroatoms. The topological polar surface area (TPSA) is 116 Å². The molecule has 2 unspecified atom stereocenters. The highest BCUT2D eigenvalue weighted by Crippen LogP contribution is 2.42. The Balaban J connectivity index is 0.000000454. The van der Waals surface area contributed by atoms with Gasteiger partial charge in [0.15, 0.2) is 5.60 Å². The summed E-state index contributed by atoms with van der Waals surface area (Å²) in [5, 5.41) is 10.1. The lowest BCUT2D eigenvalue weighted by molar-refractivity contribution is -0.192. The van der Waals surface area contributed by atoms with Gasteiger partial charge in [-0.15, -0.1) is 11.3 Å². The molecule has 1 spiro atoms. The monoisotopic (exact) mass is 529 g/mol. The zero-order valence-electron chi connectivity index (χ0n) is 19.9. The molecule has 2 aromatic heterocycles. The van der Waals surface area contributed by atoms with Gasteiger partial charge < -0.3 is 24.5 Å². The van der Waals surface area contributed by atoms with E-state index in [1.54, 1.807) is 42.7 Å². The Kier molecular flexibility index (Phi) is 8.19. The van der Waals surface area contributed by atoms with E-state index in [9.17, 15) is 22.8 Å². The van der Waals surface area contributed by atoms with Crippen molar-refractivity contribution in [1.29, 1.82) is 0 Å². The second kappa shape index (κ2) is 10.8. The molecule has 36 heavy (non-hydrogen) atoms.